The second kappa shape index (κ2) is 4.12. The Hall–Kier alpha value is -0.570. The lowest BCUT2D eigenvalue weighted by Gasteiger charge is -2.10. The minimum atomic E-state index is 0.429. The van der Waals surface area contributed by atoms with Gasteiger partial charge in [0.15, 0.2) is 0 Å². The Kier molecular flexibility index (Phi) is 3.01. The zero-order valence-corrected chi connectivity index (χ0v) is 10.6. The van der Waals surface area contributed by atoms with Crippen LogP contribution in [0, 0.1) is 5.92 Å². The molecule has 2 heterocycles. The Morgan fingerprint density at radius 2 is 2.07 bits per heavy atom. The van der Waals surface area contributed by atoms with Crippen LogP contribution in [0.25, 0.3) is 0 Å². The first-order valence-corrected chi connectivity index (χ1v) is 6.48. The van der Waals surface area contributed by atoms with Crippen LogP contribution in [0.4, 0.5) is 0 Å². The summed E-state index contributed by atoms with van der Waals surface area (Å²) in [5.74, 6) is 2.13. The van der Waals surface area contributed by atoms with Crippen LogP contribution in [-0.4, -0.2) is 15.2 Å². The number of hydrogen-bond acceptors (Lipinski definition) is 3. The highest BCUT2D eigenvalue weighted by Crippen LogP contribution is 2.39. The van der Waals surface area contributed by atoms with E-state index in [9.17, 15) is 0 Å². The molecule has 1 aromatic rings. The third kappa shape index (κ3) is 2.17. The molecule has 0 radical (unpaired) electrons. The van der Waals surface area contributed by atoms with Gasteiger partial charge in [0.05, 0.1) is 5.69 Å². The zero-order chi connectivity index (χ0) is 11.0. The molecule has 0 bridgehead atoms. The molecule has 0 saturated carbocycles. The van der Waals surface area contributed by atoms with Gasteiger partial charge in [0, 0.05) is 28.7 Å². The lowest BCUT2D eigenvalue weighted by molar-refractivity contribution is 0.603. The van der Waals surface area contributed by atoms with Gasteiger partial charge < -0.3 is 0 Å². The van der Waals surface area contributed by atoms with Gasteiger partial charge in [0.1, 0.15) is 5.82 Å². The maximum atomic E-state index is 4.65. The van der Waals surface area contributed by atoms with Crippen molar-refractivity contribution in [1.29, 1.82) is 0 Å². The fraction of sp³-hybridized carbons (Fsp3) is 0.667. The SMILES string of the molecule is CC(C)c1ncc2c(n1)CC(C(C)C)S2. The summed E-state index contributed by atoms with van der Waals surface area (Å²) in [5, 5.41) is 0.691. The highest BCUT2D eigenvalue weighted by molar-refractivity contribution is 8.00. The summed E-state index contributed by atoms with van der Waals surface area (Å²) < 4.78 is 0. The molecule has 0 fully saturated rings. The van der Waals surface area contributed by atoms with Crippen molar-refractivity contribution in [2.75, 3.05) is 0 Å². The quantitative estimate of drug-likeness (QED) is 0.768. The van der Waals surface area contributed by atoms with Gasteiger partial charge in [-0.2, -0.15) is 0 Å². The van der Waals surface area contributed by atoms with Crippen molar-refractivity contribution in [2.24, 2.45) is 5.92 Å². The Balaban J connectivity index is 2.24. The maximum Gasteiger partial charge on any atom is 0.131 e. The van der Waals surface area contributed by atoms with Gasteiger partial charge in [-0.25, -0.2) is 9.97 Å². The van der Waals surface area contributed by atoms with Crippen molar-refractivity contribution in [3.63, 3.8) is 0 Å². The van der Waals surface area contributed by atoms with E-state index in [1.54, 1.807) is 0 Å². The van der Waals surface area contributed by atoms with Crippen molar-refractivity contribution in [3.05, 3.63) is 17.7 Å². The summed E-state index contributed by atoms with van der Waals surface area (Å²) in [7, 11) is 0. The molecule has 2 nitrogen and oxygen atoms in total. The van der Waals surface area contributed by atoms with Crippen LogP contribution in [0.2, 0.25) is 0 Å². The molecule has 1 aromatic heterocycles. The Labute approximate surface area is 95.9 Å². The second-order valence-corrected chi connectivity index (χ2v) is 6.08. The van der Waals surface area contributed by atoms with E-state index in [1.807, 2.05) is 18.0 Å². The largest absolute Gasteiger partial charge is 0.240 e. The van der Waals surface area contributed by atoms with Crippen LogP contribution in [0.15, 0.2) is 11.1 Å². The van der Waals surface area contributed by atoms with E-state index in [4.69, 9.17) is 0 Å². The summed E-state index contributed by atoms with van der Waals surface area (Å²) in [6, 6.07) is 0. The van der Waals surface area contributed by atoms with Gasteiger partial charge in [-0.05, 0) is 5.92 Å². The molecule has 1 unspecified atom stereocenters. The summed E-state index contributed by atoms with van der Waals surface area (Å²) >= 11 is 1.94. The highest BCUT2D eigenvalue weighted by atomic mass is 32.2. The van der Waals surface area contributed by atoms with Crippen LogP contribution in [0.3, 0.4) is 0 Å². The summed E-state index contributed by atoms with van der Waals surface area (Å²) in [4.78, 5) is 10.4. The zero-order valence-electron chi connectivity index (χ0n) is 9.82. The first-order chi connectivity index (χ1) is 7.08. The fourth-order valence-corrected chi connectivity index (χ4v) is 2.93. The van der Waals surface area contributed by atoms with E-state index in [0.717, 1.165) is 12.2 Å². The molecular weight excluding hydrogens is 204 g/mol. The molecule has 1 aliphatic heterocycles. The number of nitrogens with zero attached hydrogens (tertiary/aromatic N) is 2. The van der Waals surface area contributed by atoms with Gasteiger partial charge in [-0.3, -0.25) is 0 Å². The number of thioether (sulfide) groups is 1. The van der Waals surface area contributed by atoms with Crippen molar-refractivity contribution in [2.45, 2.75) is 50.2 Å². The summed E-state index contributed by atoms with van der Waals surface area (Å²) in [5.41, 5.74) is 1.26. The predicted octanol–water partition coefficient (Wildman–Crippen LogP) is 3.27. The van der Waals surface area contributed by atoms with E-state index >= 15 is 0 Å². The highest BCUT2D eigenvalue weighted by Gasteiger charge is 2.26. The van der Waals surface area contributed by atoms with Crippen LogP contribution in [-0.2, 0) is 6.42 Å². The minimum Gasteiger partial charge on any atom is -0.240 e. The normalized spacial score (nSPS) is 20.0. The molecule has 1 atom stereocenters. The van der Waals surface area contributed by atoms with Crippen molar-refractivity contribution in [1.82, 2.24) is 9.97 Å². The van der Waals surface area contributed by atoms with E-state index in [2.05, 4.69) is 37.7 Å². The van der Waals surface area contributed by atoms with Crippen molar-refractivity contribution < 1.29 is 0 Å². The molecule has 82 valence electrons. The van der Waals surface area contributed by atoms with Gasteiger partial charge in [-0.15, -0.1) is 11.8 Å². The monoisotopic (exact) mass is 222 g/mol. The summed E-state index contributed by atoms with van der Waals surface area (Å²) in [6.07, 6.45) is 3.12. The third-order valence-electron chi connectivity index (χ3n) is 2.78. The Morgan fingerprint density at radius 3 is 2.67 bits per heavy atom. The van der Waals surface area contributed by atoms with Gasteiger partial charge in [0.25, 0.3) is 0 Å². The van der Waals surface area contributed by atoms with E-state index in [0.29, 0.717) is 17.1 Å². The average molecular weight is 222 g/mol. The average Bonchev–Trinajstić information content (AvgIpc) is 2.59. The first kappa shape index (κ1) is 10.9. The van der Waals surface area contributed by atoms with Gasteiger partial charge in [-0.1, -0.05) is 27.7 Å². The second-order valence-electron chi connectivity index (χ2n) is 4.80. The molecular formula is C12H18N2S. The Morgan fingerprint density at radius 1 is 1.33 bits per heavy atom. The van der Waals surface area contributed by atoms with Crippen LogP contribution >= 0.6 is 11.8 Å². The standard InChI is InChI=1S/C12H18N2S/c1-7(2)10-5-9-11(15-10)6-13-12(14-9)8(3)4/h6-8,10H,5H2,1-4H3. The number of aromatic nitrogens is 2. The number of hydrogen-bond donors (Lipinski definition) is 0. The first-order valence-electron chi connectivity index (χ1n) is 5.60. The van der Waals surface area contributed by atoms with E-state index in [1.165, 1.54) is 10.6 Å². The molecule has 0 saturated heterocycles. The molecule has 2 rings (SSSR count). The lowest BCUT2D eigenvalue weighted by Crippen LogP contribution is -2.10. The van der Waals surface area contributed by atoms with E-state index < -0.39 is 0 Å². The van der Waals surface area contributed by atoms with Crippen molar-refractivity contribution in [3.8, 4) is 0 Å². The molecule has 0 spiro atoms. The van der Waals surface area contributed by atoms with Gasteiger partial charge in [0.2, 0.25) is 0 Å². The van der Waals surface area contributed by atoms with Crippen LogP contribution in [0.1, 0.15) is 45.1 Å². The minimum absolute atomic E-state index is 0.429. The number of fused-ring (bicyclic) bond motifs is 1. The molecule has 0 aliphatic carbocycles. The predicted molar refractivity (Wildman–Crippen MR) is 64.3 cm³/mol. The van der Waals surface area contributed by atoms with Crippen molar-refractivity contribution >= 4 is 11.8 Å². The smallest absolute Gasteiger partial charge is 0.131 e. The van der Waals surface area contributed by atoms with Crippen LogP contribution < -0.4 is 0 Å². The molecule has 1 aliphatic rings. The van der Waals surface area contributed by atoms with E-state index in [-0.39, 0.29) is 0 Å². The van der Waals surface area contributed by atoms with Crippen LogP contribution in [0.5, 0.6) is 0 Å². The lowest BCUT2D eigenvalue weighted by atomic mass is 10.1. The third-order valence-corrected chi connectivity index (χ3v) is 4.39. The fourth-order valence-electron chi connectivity index (χ4n) is 1.71. The summed E-state index contributed by atoms with van der Waals surface area (Å²) in [6.45, 7) is 8.84. The molecule has 3 heteroatoms. The topological polar surface area (TPSA) is 25.8 Å². The van der Waals surface area contributed by atoms with Gasteiger partial charge >= 0.3 is 0 Å². The molecule has 0 aromatic carbocycles. The molecule has 15 heavy (non-hydrogen) atoms. The number of rotatable bonds is 2. The molecule has 0 N–H and O–H groups in total. The Bertz CT molecular complexity index is 361. The maximum absolute atomic E-state index is 4.65. The molecule has 0 amide bonds.